The number of phenolic OH excluding ortho intramolecular Hbond substituents is 1. The summed E-state index contributed by atoms with van der Waals surface area (Å²) in [6.07, 6.45) is 15.4. The number of ether oxygens (including phenoxy) is 3. The van der Waals surface area contributed by atoms with Crippen LogP contribution in [0.3, 0.4) is 0 Å². The number of likely N-dealkylation sites (N-methyl/N-ethyl adjacent to an activating group) is 1. The maximum absolute atomic E-state index is 14.3. The fourth-order valence-corrected chi connectivity index (χ4v) is 11.8. The molecule has 442 valence electrons. The number of nitrogens with two attached hydrogens (primary N) is 1. The molecule has 0 spiro atoms. The van der Waals surface area contributed by atoms with Gasteiger partial charge in [-0.15, -0.1) is 12.3 Å². The summed E-state index contributed by atoms with van der Waals surface area (Å²) in [6.45, 7) is 4.89. The number of piperazine rings is 1. The van der Waals surface area contributed by atoms with E-state index in [-0.39, 0.29) is 86.3 Å². The number of primary amides is 1. The van der Waals surface area contributed by atoms with Crippen molar-refractivity contribution in [2.75, 3.05) is 110 Å². The van der Waals surface area contributed by atoms with E-state index >= 15 is 0 Å². The zero-order chi connectivity index (χ0) is 58.5. The number of carbonyl (C=O) groups excluding carboxylic acids is 6. The van der Waals surface area contributed by atoms with Gasteiger partial charge in [-0.3, -0.25) is 28.5 Å². The first-order chi connectivity index (χ1) is 38.3. The molecule has 24 heteroatoms. The minimum absolute atomic E-state index is 0.000884. The van der Waals surface area contributed by atoms with Crippen LogP contribution in [-0.4, -0.2) is 175 Å². The predicted molar refractivity (Wildman–Crippen MR) is 312 cm³/mol. The molecule has 0 aliphatic carbocycles. The smallest absolute Gasteiger partial charge is 0.407 e. The van der Waals surface area contributed by atoms with Gasteiger partial charge in [-0.25, -0.2) is 19.1 Å². The first-order valence-electron chi connectivity index (χ1n) is 28.0. The molecule has 22 nitrogen and oxygen atoms in total. The van der Waals surface area contributed by atoms with Crippen molar-refractivity contribution in [1.82, 2.24) is 39.5 Å². The van der Waals surface area contributed by atoms with Crippen molar-refractivity contribution in [3.8, 4) is 24.1 Å². The number of nitrogens with zero attached hydrogens (tertiary/aromatic N) is 9. The van der Waals surface area contributed by atoms with Crippen LogP contribution in [0.1, 0.15) is 141 Å². The molecule has 3 aromatic rings. The van der Waals surface area contributed by atoms with Gasteiger partial charge in [0.05, 0.1) is 35.0 Å². The molecule has 0 radical (unpaired) electrons. The van der Waals surface area contributed by atoms with Crippen molar-refractivity contribution in [2.45, 2.75) is 135 Å². The molecule has 3 amide bonds. The van der Waals surface area contributed by atoms with E-state index in [0.717, 1.165) is 43.9 Å². The van der Waals surface area contributed by atoms with Gasteiger partial charge in [0.1, 0.15) is 35.8 Å². The van der Waals surface area contributed by atoms with Gasteiger partial charge in [0.15, 0.2) is 0 Å². The lowest BCUT2D eigenvalue weighted by Gasteiger charge is -2.41. The van der Waals surface area contributed by atoms with Gasteiger partial charge in [-0.05, 0) is 86.7 Å². The van der Waals surface area contributed by atoms with E-state index in [1.54, 1.807) is 56.0 Å². The number of benzene rings is 1. The molecular weight excluding hydrogens is 1110 g/mol. The molecule has 1 aliphatic heterocycles. The number of unbranched alkanes of at least 4 members (excludes halogenated alkanes) is 7. The minimum atomic E-state index is -3.14. The summed E-state index contributed by atoms with van der Waals surface area (Å²) in [5.41, 5.74) is 6.42. The lowest BCUT2D eigenvalue weighted by Crippen LogP contribution is -2.47. The molecule has 3 heterocycles. The molecule has 1 fully saturated rings. The van der Waals surface area contributed by atoms with Gasteiger partial charge in [-0.1, -0.05) is 45.1 Å². The topological polar surface area (TPSA) is 273 Å². The minimum Gasteiger partial charge on any atom is -0.507 e. The number of Topliss-reactive ketones (excluding diaryl/α,β-unsaturated/α-hetero) is 3. The van der Waals surface area contributed by atoms with Crippen molar-refractivity contribution in [3.63, 3.8) is 0 Å². The third-order valence-electron chi connectivity index (χ3n) is 13.7. The monoisotopic (exact) mass is 1200 g/mol. The Labute approximate surface area is 480 Å². The maximum Gasteiger partial charge on any atom is 0.407 e. The second kappa shape index (κ2) is 35.8. The first kappa shape index (κ1) is 66.7. The van der Waals surface area contributed by atoms with Crippen LogP contribution in [0.2, 0.25) is 0 Å². The summed E-state index contributed by atoms with van der Waals surface area (Å²) >= 11 is 3.40. The van der Waals surface area contributed by atoms with Crippen LogP contribution in [0.5, 0.6) is 11.8 Å². The summed E-state index contributed by atoms with van der Waals surface area (Å²) in [5, 5.41) is 13.8. The quantitative estimate of drug-likeness (QED) is 0.0278. The fourth-order valence-electron chi connectivity index (χ4n) is 8.90. The van der Waals surface area contributed by atoms with E-state index in [1.165, 1.54) is 4.90 Å². The molecule has 4 rings (SSSR count). The maximum atomic E-state index is 14.3. The normalized spacial score (nSPS) is 13.8. The number of carbonyl (C=O) groups is 6. The van der Waals surface area contributed by atoms with Crippen LogP contribution in [0.15, 0.2) is 28.7 Å². The van der Waals surface area contributed by atoms with E-state index in [4.69, 9.17) is 31.4 Å². The second-order valence-corrected chi connectivity index (χ2v) is 24.2. The first-order valence-corrected chi connectivity index (χ1v) is 30.6. The van der Waals surface area contributed by atoms with Crippen molar-refractivity contribution < 1.29 is 52.6 Å². The number of ketones is 3. The van der Waals surface area contributed by atoms with E-state index < -0.39 is 25.5 Å². The van der Waals surface area contributed by atoms with Crippen molar-refractivity contribution in [2.24, 2.45) is 5.73 Å². The number of nitrogens with one attached hydrogen (secondary N) is 1. The van der Waals surface area contributed by atoms with Gasteiger partial charge < -0.3 is 45.1 Å². The molecule has 2 aromatic heterocycles. The number of halogens is 1. The largest absolute Gasteiger partial charge is 0.507 e. The van der Waals surface area contributed by atoms with E-state index in [1.807, 2.05) is 15.6 Å². The highest BCUT2D eigenvalue weighted by molar-refractivity contribution is 9.10. The molecule has 1 saturated heterocycles. The average Bonchev–Trinajstić information content (AvgIpc) is 3.52. The number of phenols is 1. The molecule has 0 saturated carbocycles. The Bertz CT molecular complexity index is 2580. The number of rotatable bonds is 40. The Morgan fingerprint density at radius 2 is 1.45 bits per heavy atom. The number of alkyl carbamates (subject to hydrolysis) is 1. The van der Waals surface area contributed by atoms with Crippen LogP contribution >= 0.6 is 23.4 Å². The number of terminal acetylenes is 1. The van der Waals surface area contributed by atoms with E-state index in [9.17, 15) is 38.4 Å². The number of aromatic hydroxyl groups is 1. The van der Waals surface area contributed by atoms with Crippen molar-refractivity contribution >= 4 is 81.4 Å². The van der Waals surface area contributed by atoms with Crippen LogP contribution in [0.25, 0.3) is 10.9 Å². The number of anilines is 2. The molecule has 1 aromatic carbocycles. The standard InChI is InChI=1S/C56H85BrN11O11P/c1-7-9-11-12-14-23-45(71)41-80(76,64(3)4)68-35-33-67(34-36-68)54-61-53(66(6)40-49(58)73)62-55(63-54)78-39-38-77-37-19-24-44(70)22-16-17-25-50(74)65(5)32-30-48(46-28-26-42-27-29-47(72)51(57)52(42)60-46)79-56(75)59-31-18-13-15-21-43(69)20-10-8-2/h2,26-29,48,72H,7,9-25,30-41H2,1,3-6H3,(H2,58,73)(H,59,75). The summed E-state index contributed by atoms with van der Waals surface area (Å²) in [6, 6.07) is 6.89. The highest BCUT2D eigenvalue weighted by atomic mass is 79.9. The number of amides is 3. The molecule has 4 N–H and O–H groups in total. The zero-order valence-corrected chi connectivity index (χ0v) is 50.1. The van der Waals surface area contributed by atoms with Crippen molar-refractivity contribution in [1.29, 1.82) is 0 Å². The van der Waals surface area contributed by atoms with E-state index in [0.29, 0.717) is 132 Å². The van der Waals surface area contributed by atoms with Gasteiger partial charge in [-0.2, -0.15) is 15.0 Å². The van der Waals surface area contributed by atoms with Crippen molar-refractivity contribution in [3.05, 3.63) is 34.4 Å². The highest BCUT2D eigenvalue weighted by Crippen LogP contribution is 2.52. The molecule has 2 unspecified atom stereocenters. The van der Waals surface area contributed by atoms with Crippen LogP contribution in [0.4, 0.5) is 16.7 Å². The SMILES string of the molecule is C#CCCC(=O)CCCCCNC(=O)OC(CCN(C)C(=O)CCCCC(=O)CCCOCCOc1nc(N(C)CC(N)=O)nc(N2CCN(P(=O)(CC(=O)CCCCCCC)N(C)C)CC2)n1)c1ccc2ccc(O)c(Br)c2n1. The van der Waals surface area contributed by atoms with Crippen LogP contribution in [-0.2, 0) is 38.0 Å². The van der Waals surface area contributed by atoms with Gasteiger partial charge >= 0.3 is 12.1 Å². The average molecular weight is 1200 g/mol. The zero-order valence-electron chi connectivity index (χ0n) is 47.6. The Balaban J connectivity index is 1.17. The number of hydrogen-bond acceptors (Lipinski definition) is 17. The predicted octanol–water partition coefficient (Wildman–Crippen LogP) is 7.78. The van der Waals surface area contributed by atoms with Gasteiger partial charge in [0.2, 0.25) is 31.2 Å². The molecule has 80 heavy (non-hydrogen) atoms. The third kappa shape index (κ3) is 23.4. The third-order valence-corrected chi connectivity index (χ3v) is 17.7. The number of fused-ring (bicyclic) bond motifs is 1. The Hall–Kier alpha value is -5.79. The lowest BCUT2D eigenvalue weighted by atomic mass is 10.1. The van der Waals surface area contributed by atoms with Gasteiger partial charge in [0.25, 0.3) is 0 Å². The number of pyridine rings is 1. The summed E-state index contributed by atoms with van der Waals surface area (Å²) in [5.74, 6) is 2.50. The Morgan fingerprint density at radius 1 is 0.800 bits per heavy atom. The van der Waals surface area contributed by atoms with E-state index in [2.05, 4.69) is 49.0 Å². The number of hydrogen-bond donors (Lipinski definition) is 3. The second-order valence-electron chi connectivity index (χ2n) is 20.3. The summed E-state index contributed by atoms with van der Waals surface area (Å²) in [4.78, 5) is 98.9. The fraction of sp³-hybridized carbons (Fsp3) is 0.643. The summed E-state index contributed by atoms with van der Waals surface area (Å²) in [7, 11) is 3.68. The molecule has 0 bridgehead atoms. The molecule has 2 atom stereocenters. The van der Waals surface area contributed by atoms with Gasteiger partial charge in [0, 0.05) is 117 Å². The Morgan fingerprint density at radius 3 is 2.15 bits per heavy atom. The highest BCUT2D eigenvalue weighted by Gasteiger charge is 2.38. The molecule has 1 aliphatic rings. The summed E-state index contributed by atoms with van der Waals surface area (Å²) < 4.78 is 35.8. The molecular formula is C56H85BrN11O11P. The lowest BCUT2D eigenvalue weighted by molar-refractivity contribution is -0.130. The van der Waals surface area contributed by atoms with Crippen LogP contribution < -0.4 is 25.6 Å². The Kier molecular flexibility index (Phi) is 29.9. The van der Waals surface area contributed by atoms with Crippen LogP contribution in [0, 0.1) is 12.3 Å². The number of aromatic nitrogens is 4.